The van der Waals surface area contributed by atoms with Gasteiger partial charge >= 0.3 is 0 Å². The van der Waals surface area contributed by atoms with Gasteiger partial charge in [0.15, 0.2) is 5.78 Å². The highest BCUT2D eigenvalue weighted by Crippen LogP contribution is 2.39. The van der Waals surface area contributed by atoms with Crippen LogP contribution in [-0.4, -0.2) is 50.6 Å². The van der Waals surface area contributed by atoms with Crippen LogP contribution in [0.1, 0.15) is 106 Å². The van der Waals surface area contributed by atoms with Gasteiger partial charge in [0.25, 0.3) is 11.4 Å². The molecule has 4 aromatic rings. The summed E-state index contributed by atoms with van der Waals surface area (Å²) in [7, 11) is 0. The summed E-state index contributed by atoms with van der Waals surface area (Å²) < 4.78 is 27.8. The molecule has 4 rings (SSSR count). The number of carbonyl (C=O) groups is 1. The Morgan fingerprint density at radius 3 is 1.72 bits per heavy atom. The molecule has 9 nitrogen and oxygen atoms in total. The van der Waals surface area contributed by atoms with E-state index in [0.717, 1.165) is 73.1 Å². The van der Waals surface area contributed by atoms with Crippen LogP contribution < -0.4 is 0 Å². The lowest BCUT2D eigenvalue weighted by molar-refractivity contribution is -0.385. The van der Waals surface area contributed by atoms with Crippen LogP contribution in [0.5, 0.6) is 0 Å². The fourth-order valence-corrected chi connectivity index (χ4v) is 9.04. The van der Waals surface area contributed by atoms with Gasteiger partial charge in [-0.25, -0.2) is 8.78 Å². The van der Waals surface area contributed by atoms with Crippen molar-refractivity contribution < 1.29 is 33.6 Å². The summed E-state index contributed by atoms with van der Waals surface area (Å²) in [5.41, 5.74) is 1.34. The SMILES string of the molecule is CCCC[C@@](CC)(CO)CSc1ccc(F)cc1C(=O)c1cccc([N+](=O)[O-])c1.CCCC[C@@](CC)(CO)CSc1ccc(F)cc1Cc1cccc([N+](=O)[O-])c1. The Morgan fingerprint density at radius 1 is 0.684 bits per heavy atom. The molecule has 0 heterocycles. The fourth-order valence-electron chi connectivity index (χ4n) is 6.29. The number of nitro groups is 2. The molecule has 0 aliphatic carbocycles. The molecule has 0 fully saturated rings. The molecule has 0 aliphatic heterocycles. The van der Waals surface area contributed by atoms with Crippen molar-refractivity contribution in [2.75, 3.05) is 24.7 Å². The Balaban J connectivity index is 0.000000306. The predicted molar refractivity (Wildman–Crippen MR) is 225 cm³/mol. The number of aliphatic hydroxyl groups is 2. The highest BCUT2D eigenvalue weighted by molar-refractivity contribution is 7.99. The van der Waals surface area contributed by atoms with Gasteiger partial charge < -0.3 is 10.2 Å². The molecule has 0 saturated carbocycles. The van der Waals surface area contributed by atoms with E-state index < -0.39 is 21.4 Å². The summed E-state index contributed by atoms with van der Waals surface area (Å²) in [6.07, 6.45) is 8.12. The molecule has 0 radical (unpaired) electrons. The first-order valence-electron chi connectivity index (χ1n) is 19.4. The van der Waals surface area contributed by atoms with Crippen molar-refractivity contribution in [2.45, 2.75) is 95.3 Å². The predicted octanol–water partition coefficient (Wildman–Crippen LogP) is 11.6. The van der Waals surface area contributed by atoms with Gasteiger partial charge in [0.2, 0.25) is 0 Å². The summed E-state index contributed by atoms with van der Waals surface area (Å²) in [5.74, 6) is 0.0297. The van der Waals surface area contributed by atoms with Crippen LogP contribution in [0.25, 0.3) is 0 Å². The average molecular weight is 825 g/mol. The molecule has 0 spiro atoms. The summed E-state index contributed by atoms with van der Waals surface area (Å²) in [4.78, 5) is 35.6. The van der Waals surface area contributed by atoms with E-state index in [1.165, 1.54) is 72.4 Å². The Bertz CT molecular complexity index is 1940. The molecule has 4 aromatic carbocycles. The molecule has 13 heteroatoms. The van der Waals surface area contributed by atoms with E-state index in [1.54, 1.807) is 30.0 Å². The van der Waals surface area contributed by atoms with Gasteiger partial charge in [-0.1, -0.05) is 77.6 Å². The number of hydrogen-bond acceptors (Lipinski definition) is 9. The Morgan fingerprint density at radius 2 is 1.19 bits per heavy atom. The first-order valence-corrected chi connectivity index (χ1v) is 21.3. The van der Waals surface area contributed by atoms with Gasteiger partial charge in [0, 0.05) is 80.7 Å². The molecule has 308 valence electrons. The molecule has 0 aromatic heterocycles. The number of aliphatic hydroxyl groups excluding tert-OH is 2. The lowest BCUT2D eigenvalue weighted by Crippen LogP contribution is -2.27. The maximum atomic E-state index is 13.9. The second-order valence-electron chi connectivity index (χ2n) is 14.4. The van der Waals surface area contributed by atoms with Gasteiger partial charge in [-0.05, 0) is 79.6 Å². The van der Waals surface area contributed by atoms with E-state index in [1.807, 2.05) is 13.0 Å². The summed E-state index contributed by atoms with van der Waals surface area (Å²) in [5, 5.41) is 42.0. The first kappa shape index (κ1) is 47.2. The molecule has 2 atom stereocenters. The number of rotatable bonds is 22. The van der Waals surface area contributed by atoms with E-state index >= 15 is 0 Å². The van der Waals surface area contributed by atoms with Crippen molar-refractivity contribution in [1.29, 1.82) is 0 Å². The summed E-state index contributed by atoms with van der Waals surface area (Å²) in [6.45, 7) is 8.56. The third-order valence-electron chi connectivity index (χ3n) is 10.4. The van der Waals surface area contributed by atoms with Crippen molar-refractivity contribution in [2.24, 2.45) is 10.8 Å². The molecular formula is C44H54F2N2O7S2. The number of unbranched alkanes of at least 4 members (excludes halogenated alkanes) is 2. The van der Waals surface area contributed by atoms with Crippen LogP contribution >= 0.6 is 23.5 Å². The second-order valence-corrected chi connectivity index (χ2v) is 16.5. The lowest BCUT2D eigenvalue weighted by Gasteiger charge is -2.30. The van der Waals surface area contributed by atoms with Gasteiger partial charge in [-0.3, -0.25) is 25.0 Å². The largest absolute Gasteiger partial charge is 0.396 e. The van der Waals surface area contributed by atoms with E-state index in [9.17, 15) is 44.0 Å². The Labute approximate surface area is 343 Å². The monoisotopic (exact) mass is 824 g/mol. The molecule has 2 N–H and O–H groups in total. The third kappa shape index (κ3) is 14.0. The van der Waals surface area contributed by atoms with Gasteiger partial charge in [-0.15, -0.1) is 23.5 Å². The van der Waals surface area contributed by atoms with Crippen LogP contribution in [0, 0.1) is 42.7 Å². The van der Waals surface area contributed by atoms with Crippen molar-refractivity contribution in [1.82, 2.24) is 0 Å². The fraction of sp³-hybridized carbons (Fsp3) is 0.432. The van der Waals surface area contributed by atoms with Crippen molar-refractivity contribution in [3.8, 4) is 0 Å². The highest BCUT2D eigenvalue weighted by atomic mass is 32.2. The number of thioether (sulfide) groups is 2. The number of hydrogen-bond donors (Lipinski definition) is 2. The molecule has 0 amide bonds. The minimum Gasteiger partial charge on any atom is -0.396 e. The van der Waals surface area contributed by atoms with Crippen molar-refractivity contribution in [3.05, 3.63) is 139 Å². The van der Waals surface area contributed by atoms with Gasteiger partial charge in [0.05, 0.1) is 9.85 Å². The molecule has 57 heavy (non-hydrogen) atoms. The summed E-state index contributed by atoms with van der Waals surface area (Å²) in [6, 6.07) is 20.6. The topological polar surface area (TPSA) is 144 Å². The number of halogens is 2. The molecular weight excluding hydrogens is 771 g/mol. The van der Waals surface area contributed by atoms with Crippen LogP contribution in [0.4, 0.5) is 20.2 Å². The standard InChI is InChI=1S/C22H26FNO4S.C22H28FNO3S/c1-3-5-11-22(4-2,14-25)15-29-20-10-9-17(23)13-19(20)21(26)16-7-6-8-18(12-16)24(27)28;1-3-5-11-22(4-2,15-25)16-28-21-10-9-19(23)14-18(21)12-17-7-6-8-20(13-17)24(26)27/h6-10,12-13,25H,3-5,11,14-15H2,1-2H3;6-10,13-14,25H,3-5,11-12,15-16H2,1-2H3/t2*22-/m00/s1. The van der Waals surface area contributed by atoms with Gasteiger partial charge in [0.1, 0.15) is 11.6 Å². The molecule has 0 aliphatic rings. The zero-order valence-corrected chi connectivity index (χ0v) is 34.8. The zero-order chi connectivity index (χ0) is 42.0. The average Bonchev–Trinajstić information content (AvgIpc) is 3.22. The van der Waals surface area contributed by atoms with E-state index in [2.05, 4.69) is 20.8 Å². The molecule has 0 bridgehead atoms. The number of ketones is 1. The van der Waals surface area contributed by atoms with Crippen LogP contribution in [-0.2, 0) is 6.42 Å². The number of nitrogens with zero attached hydrogens (tertiary/aromatic N) is 2. The van der Waals surface area contributed by atoms with E-state index in [0.29, 0.717) is 17.1 Å². The minimum absolute atomic E-state index is 0.0351. The number of nitro benzene ring substituents is 2. The smallest absolute Gasteiger partial charge is 0.270 e. The van der Waals surface area contributed by atoms with E-state index in [4.69, 9.17) is 0 Å². The lowest BCUT2D eigenvalue weighted by atomic mass is 9.83. The van der Waals surface area contributed by atoms with Crippen LogP contribution in [0.15, 0.2) is 94.7 Å². The quantitative estimate of drug-likeness (QED) is 0.0342. The van der Waals surface area contributed by atoms with E-state index in [-0.39, 0.29) is 52.4 Å². The van der Waals surface area contributed by atoms with Crippen LogP contribution in [0.2, 0.25) is 0 Å². The third-order valence-corrected chi connectivity index (χ3v) is 13.3. The maximum Gasteiger partial charge on any atom is 0.270 e. The molecule has 0 saturated heterocycles. The van der Waals surface area contributed by atoms with Crippen LogP contribution in [0.3, 0.4) is 0 Å². The van der Waals surface area contributed by atoms with Crippen molar-refractivity contribution >= 4 is 40.7 Å². The Kier molecular flexibility index (Phi) is 19.3. The normalized spacial score (nSPS) is 13.2. The number of non-ortho nitro benzene ring substituents is 2. The maximum absolute atomic E-state index is 13.9. The minimum atomic E-state index is -0.567. The summed E-state index contributed by atoms with van der Waals surface area (Å²) >= 11 is 3.05. The Hall–Kier alpha value is -4.17. The molecule has 0 unspecified atom stereocenters. The zero-order valence-electron chi connectivity index (χ0n) is 33.2. The first-order chi connectivity index (χ1) is 27.3. The van der Waals surface area contributed by atoms with Crippen molar-refractivity contribution in [3.63, 3.8) is 0 Å². The number of benzene rings is 4. The second kappa shape index (κ2) is 23.3. The van der Waals surface area contributed by atoms with Gasteiger partial charge in [-0.2, -0.15) is 0 Å². The highest BCUT2D eigenvalue weighted by Gasteiger charge is 2.29. The number of carbonyl (C=O) groups excluding carboxylic acids is 1.